The third-order valence-electron chi connectivity index (χ3n) is 4.33. The van der Waals surface area contributed by atoms with Crippen molar-refractivity contribution < 1.29 is 38.5 Å². The monoisotopic (exact) mass is 387 g/mol. The number of ether oxygens (including phenoxy) is 3. The number of hydrogen-bond acceptors (Lipinski definition) is 8. The standard InChI is InChI=1S/C18H29NO8/c1-9(2)13(26-11(4)20)18(15(23)25-8)12(21)10(3)14(22)19(18)16(24)27-17(5,6)7/h9-10,12-13,21H,1-8H3/t10-,12+,13+,18+/m1/s1. The zero-order valence-electron chi connectivity index (χ0n) is 17.1. The highest BCUT2D eigenvalue weighted by Crippen LogP contribution is 2.43. The maximum atomic E-state index is 12.9. The van der Waals surface area contributed by atoms with Crippen molar-refractivity contribution in [2.45, 2.75) is 71.8 Å². The fraction of sp³-hybridized carbons (Fsp3) is 0.778. The summed E-state index contributed by atoms with van der Waals surface area (Å²) < 4.78 is 15.4. The highest BCUT2D eigenvalue weighted by Gasteiger charge is 2.70. The minimum absolute atomic E-state index is 0.536. The summed E-state index contributed by atoms with van der Waals surface area (Å²) in [6.07, 6.45) is -4.12. The van der Waals surface area contributed by atoms with Gasteiger partial charge < -0.3 is 19.3 Å². The number of carbonyl (C=O) groups is 4. The van der Waals surface area contributed by atoms with Gasteiger partial charge in [-0.05, 0) is 26.7 Å². The second-order valence-electron chi connectivity index (χ2n) is 7.98. The van der Waals surface area contributed by atoms with Crippen LogP contribution < -0.4 is 0 Å². The van der Waals surface area contributed by atoms with E-state index in [1.165, 1.54) is 6.92 Å². The Morgan fingerprint density at radius 1 is 1.22 bits per heavy atom. The molecule has 1 aliphatic heterocycles. The molecule has 0 saturated carbocycles. The number of rotatable bonds is 4. The van der Waals surface area contributed by atoms with E-state index in [0.717, 1.165) is 14.0 Å². The van der Waals surface area contributed by atoms with Crippen LogP contribution in [0.15, 0.2) is 0 Å². The van der Waals surface area contributed by atoms with Crippen LogP contribution in [0, 0.1) is 11.8 Å². The fourth-order valence-electron chi connectivity index (χ4n) is 3.28. The van der Waals surface area contributed by atoms with Crippen LogP contribution in [-0.4, -0.2) is 64.4 Å². The number of nitrogens with zero attached hydrogens (tertiary/aromatic N) is 1. The van der Waals surface area contributed by atoms with Crippen molar-refractivity contribution in [3.63, 3.8) is 0 Å². The van der Waals surface area contributed by atoms with E-state index in [0.29, 0.717) is 4.90 Å². The van der Waals surface area contributed by atoms with Crippen molar-refractivity contribution in [3.05, 3.63) is 0 Å². The van der Waals surface area contributed by atoms with E-state index in [9.17, 15) is 24.3 Å². The molecule has 0 aromatic heterocycles. The molecular formula is C18H29NO8. The average Bonchev–Trinajstić information content (AvgIpc) is 2.71. The molecule has 0 unspecified atom stereocenters. The van der Waals surface area contributed by atoms with E-state index in [1.807, 2.05) is 0 Å². The Bertz CT molecular complexity index is 623. The topological polar surface area (TPSA) is 119 Å². The van der Waals surface area contributed by atoms with Gasteiger partial charge in [-0.3, -0.25) is 9.59 Å². The SMILES string of the molecule is COC(=O)[C@@]1([C@@H](OC(C)=O)C(C)C)[C@@H](O)[C@@H](C)C(=O)N1C(=O)OC(C)(C)C. The van der Waals surface area contributed by atoms with Gasteiger partial charge in [-0.2, -0.15) is 0 Å². The van der Waals surface area contributed by atoms with Crippen LogP contribution in [0.5, 0.6) is 0 Å². The van der Waals surface area contributed by atoms with Gasteiger partial charge in [0.25, 0.3) is 0 Å². The summed E-state index contributed by atoms with van der Waals surface area (Å²) in [6, 6.07) is 0. The van der Waals surface area contributed by atoms with Crippen molar-refractivity contribution in [3.8, 4) is 0 Å². The van der Waals surface area contributed by atoms with Gasteiger partial charge in [0, 0.05) is 6.92 Å². The molecule has 9 heteroatoms. The summed E-state index contributed by atoms with van der Waals surface area (Å²) in [5.41, 5.74) is -3.22. The molecule has 0 radical (unpaired) electrons. The number of amides is 2. The van der Waals surface area contributed by atoms with Crippen LogP contribution in [0.4, 0.5) is 4.79 Å². The number of aliphatic hydroxyl groups is 1. The van der Waals surface area contributed by atoms with Crippen LogP contribution in [0.2, 0.25) is 0 Å². The van der Waals surface area contributed by atoms with Crippen molar-refractivity contribution in [2.75, 3.05) is 7.11 Å². The summed E-state index contributed by atoms with van der Waals surface area (Å²) in [5.74, 6) is -4.28. The second kappa shape index (κ2) is 7.84. The Balaban J connectivity index is 3.72. The minimum Gasteiger partial charge on any atom is -0.467 e. The van der Waals surface area contributed by atoms with Crippen molar-refractivity contribution in [1.82, 2.24) is 4.90 Å². The molecule has 0 aliphatic carbocycles. The van der Waals surface area contributed by atoms with Crippen LogP contribution in [-0.2, 0) is 28.6 Å². The van der Waals surface area contributed by atoms with Gasteiger partial charge in [-0.25, -0.2) is 14.5 Å². The van der Waals surface area contributed by atoms with Gasteiger partial charge in [0.05, 0.1) is 13.0 Å². The van der Waals surface area contributed by atoms with Crippen molar-refractivity contribution >= 4 is 23.9 Å². The largest absolute Gasteiger partial charge is 0.467 e. The maximum absolute atomic E-state index is 12.9. The highest BCUT2D eigenvalue weighted by molar-refractivity contribution is 6.04. The molecule has 1 saturated heterocycles. The van der Waals surface area contributed by atoms with Gasteiger partial charge in [0.1, 0.15) is 17.8 Å². The van der Waals surface area contributed by atoms with Crippen LogP contribution in [0.25, 0.3) is 0 Å². The molecule has 1 rings (SSSR count). The van der Waals surface area contributed by atoms with Gasteiger partial charge >= 0.3 is 18.0 Å². The lowest BCUT2D eigenvalue weighted by molar-refractivity contribution is -0.185. The number of aliphatic hydroxyl groups excluding tert-OH is 1. The molecule has 2 amide bonds. The minimum atomic E-state index is -2.26. The summed E-state index contributed by atoms with van der Waals surface area (Å²) in [6.45, 7) is 10.5. The van der Waals surface area contributed by atoms with E-state index >= 15 is 0 Å². The zero-order chi connectivity index (χ0) is 21.3. The first-order valence-electron chi connectivity index (χ1n) is 8.72. The third kappa shape index (κ3) is 4.07. The van der Waals surface area contributed by atoms with E-state index in [2.05, 4.69) is 0 Å². The highest BCUT2D eigenvalue weighted by atomic mass is 16.6. The first-order valence-corrected chi connectivity index (χ1v) is 8.72. The Hall–Kier alpha value is -2.16. The number of esters is 2. The van der Waals surface area contributed by atoms with E-state index < -0.39 is 59.1 Å². The smallest absolute Gasteiger partial charge is 0.418 e. The molecule has 0 spiro atoms. The molecule has 1 aliphatic rings. The first-order chi connectivity index (χ1) is 12.2. The summed E-state index contributed by atoms with van der Waals surface area (Å²) >= 11 is 0. The lowest BCUT2D eigenvalue weighted by Crippen LogP contribution is -2.69. The Kier molecular flexibility index (Phi) is 6.64. The van der Waals surface area contributed by atoms with E-state index in [-0.39, 0.29) is 0 Å². The maximum Gasteiger partial charge on any atom is 0.418 e. The molecule has 1 N–H and O–H groups in total. The molecule has 1 heterocycles. The Labute approximate surface area is 158 Å². The van der Waals surface area contributed by atoms with E-state index in [4.69, 9.17) is 14.2 Å². The molecule has 0 aromatic carbocycles. The number of likely N-dealkylation sites (tertiary alicyclic amines) is 1. The number of carbonyl (C=O) groups excluding carboxylic acids is 4. The van der Waals surface area contributed by atoms with Gasteiger partial charge in [0.2, 0.25) is 11.4 Å². The predicted molar refractivity (Wildman–Crippen MR) is 93.4 cm³/mol. The van der Waals surface area contributed by atoms with Crippen LogP contribution in [0.3, 0.4) is 0 Å². The Morgan fingerprint density at radius 3 is 2.11 bits per heavy atom. The normalized spacial score (nSPS) is 26.7. The molecule has 0 bridgehead atoms. The third-order valence-corrected chi connectivity index (χ3v) is 4.33. The quantitative estimate of drug-likeness (QED) is 0.565. The number of imide groups is 1. The lowest BCUT2D eigenvalue weighted by atomic mass is 9.79. The zero-order valence-corrected chi connectivity index (χ0v) is 17.1. The average molecular weight is 387 g/mol. The predicted octanol–water partition coefficient (Wildman–Crippen LogP) is 1.26. The number of methoxy groups -OCH3 is 1. The molecule has 154 valence electrons. The van der Waals surface area contributed by atoms with Gasteiger partial charge in [-0.1, -0.05) is 20.8 Å². The van der Waals surface area contributed by atoms with E-state index in [1.54, 1.807) is 34.6 Å². The molecule has 0 aromatic rings. The summed E-state index contributed by atoms with van der Waals surface area (Å²) in [5, 5.41) is 10.9. The lowest BCUT2D eigenvalue weighted by Gasteiger charge is -2.43. The molecular weight excluding hydrogens is 358 g/mol. The van der Waals surface area contributed by atoms with Crippen molar-refractivity contribution in [1.29, 1.82) is 0 Å². The fourth-order valence-corrected chi connectivity index (χ4v) is 3.28. The summed E-state index contributed by atoms with van der Waals surface area (Å²) in [4.78, 5) is 50.7. The number of hydrogen-bond donors (Lipinski definition) is 1. The van der Waals surface area contributed by atoms with Gasteiger partial charge in [-0.15, -0.1) is 0 Å². The van der Waals surface area contributed by atoms with Crippen LogP contribution >= 0.6 is 0 Å². The second-order valence-corrected chi connectivity index (χ2v) is 7.98. The molecule has 4 atom stereocenters. The molecule has 1 fully saturated rings. The molecule has 27 heavy (non-hydrogen) atoms. The first kappa shape index (κ1) is 22.9. The summed E-state index contributed by atoms with van der Waals surface area (Å²) in [7, 11) is 1.06. The Morgan fingerprint density at radius 2 is 1.74 bits per heavy atom. The van der Waals surface area contributed by atoms with Crippen LogP contribution in [0.1, 0.15) is 48.5 Å². The van der Waals surface area contributed by atoms with Gasteiger partial charge in [0.15, 0.2) is 0 Å². The van der Waals surface area contributed by atoms with Crippen molar-refractivity contribution in [2.24, 2.45) is 11.8 Å². The molecule has 9 nitrogen and oxygen atoms in total.